The lowest BCUT2D eigenvalue weighted by molar-refractivity contribution is -0.384. The highest BCUT2D eigenvalue weighted by molar-refractivity contribution is 5.89. The smallest absolute Gasteiger partial charge is 0.321 e. The van der Waals surface area contributed by atoms with Crippen LogP contribution in [-0.4, -0.2) is 30.0 Å². The zero-order chi connectivity index (χ0) is 16.8. The fourth-order valence-electron chi connectivity index (χ4n) is 1.96. The monoisotopic (exact) mass is 315 g/mol. The summed E-state index contributed by atoms with van der Waals surface area (Å²) in [6.07, 6.45) is 0. The molecule has 2 amide bonds. The quantitative estimate of drug-likeness (QED) is 0.678. The SMILES string of the molecule is COc1ccc(CN(C)C(=O)Nc2ccc([N+](=O)[O-])cc2)cc1. The molecule has 2 aromatic rings. The van der Waals surface area contributed by atoms with Gasteiger partial charge in [-0.25, -0.2) is 4.79 Å². The molecule has 2 aromatic carbocycles. The number of benzene rings is 2. The summed E-state index contributed by atoms with van der Waals surface area (Å²) >= 11 is 0. The molecule has 2 rings (SSSR count). The lowest BCUT2D eigenvalue weighted by atomic mass is 10.2. The summed E-state index contributed by atoms with van der Waals surface area (Å²) < 4.78 is 5.09. The van der Waals surface area contributed by atoms with Gasteiger partial charge in [0.2, 0.25) is 0 Å². The number of nitro groups is 1. The molecule has 0 saturated carbocycles. The molecule has 0 heterocycles. The zero-order valence-corrected chi connectivity index (χ0v) is 12.9. The fraction of sp³-hybridized carbons (Fsp3) is 0.188. The van der Waals surface area contributed by atoms with Crippen LogP contribution in [0.5, 0.6) is 5.75 Å². The van der Waals surface area contributed by atoms with Gasteiger partial charge in [-0.3, -0.25) is 10.1 Å². The summed E-state index contributed by atoms with van der Waals surface area (Å²) in [5.41, 5.74) is 1.45. The summed E-state index contributed by atoms with van der Waals surface area (Å²) in [4.78, 5) is 23.7. The van der Waals surface area contributed by atoms with Gasteiger partial charge in [0.05, 0.1) is 12.0 Å². The third-order valence-corrected chi connectivity index (χ3v) is 3.25. The molecule has 23 heavy (non-hydrogen) atoms. The number of nitro benzene ring substituents is 1. The van der Waals surface area contributed by atoms with Crippen LogP contribution in [0.4, 0.5) is 16.2 Å². The lowest BCUT2D eigenvalue weighted by Gasteiger charge is -2.18. The van der Waals surface area contributed by atoms with E-state index in [-0.39, 0.29) is 11.7 Å². The number of non-ortho nitro benzene ring substituents is 1. The first-order valence-corrected chi connectivity index (χ1v) is 6.89. The Bertz CT molecular complexity index is 683. The van der Waals surface area contributed by atoms with E-state index in [1.165, 1.54) is 29.2 Å². The van der Waals surface area contributed by atoms with Crippen molar-refractivity contribution >= 4 is 17.4 Å². The van der Waals surface area contributed by atoms with Gasteiger partial charge in [-0.1, -0.05) is 12.1 Å². The molecule has 0 spiro atoms. The molecule has 0 bridgehead atoms. The molecule has 0 aliphatic carbocycles. The van der Waals surface area contributed by atoms with E-state index in [2.05, 4.69) is 5.32 Å². The molecule has 0 radical (unpaired) electrons. The van der Waals surface area contributed by atoms with E-state index in [4.69, 9.17) is 4.74 Å². The van der Waals surface area contributed by atoms with E-state index < -0.39 is 4.92 Å². The third kappa shape index (κ3) is 4.44. The Hall–Kier alpha value is -3.09. The van der Waals surface area contributed by atoms with Gasteiger partial charge in [0, 0.05) is 31.4 Å². The second-order valence-electron chi connectivity index (χ2n) is 4.94. The van der Waals surface area contributed by atoms with E-state index >= 15 is 0 Å². The lowest BCUT2D eigenvalue weighted by Crippen LogP contribution is -2.30. The standard InChI is InChI=1S/C16H17N3O4/c1-18(11-12-3-9-15(23-2)10-4-12)16(20)17-13-5-7-14(8-6-13)19(21)22/h3-10H,11H2,1-2H3,(H,17,20). The van der Waals surface area contributed by atoms with Crippen LogP contribution in [0.3, 0.4) is 0 Å². The summed E-state index contributed by atoms with van der Waals surface area (Å²) in [5, 5.41) is 13.3. The van der Waals surface area contributed by atoms with Crippen LogP contribution in [0.25, 0.3) is 0 Å². The topological polar surface area (TPSA) is 84.7 Å². The van der Waals surface area contributed by atoms with Crippen LogP contribution in [0, 0.1) is 10.1 Å². The Kier molecular flexibility index (Phi) is 5.14. The Morgan fingerprint density at radius 2 is 1.78 bits per heavy atom. The molecule has 120 valence electrons. The van der Waals surface area contributed by atoms with Crippen molar-refractivity contribution in [3.8, 4) is 5.75 Å². The summed E-state index contributed by atoms with van der Waals surface area (Å²) in [7, 11) is 3.27. The number of methoxy groups -OCH3 is 1. The number of ether oxygens (including phenoxy) is 1. The second-order valence-corrected chi connectivity index (χ2v) is 4.94. The van der Waals surface area contributed by atoms with Crippen molar-refractivity contribution in [3.63, 3.8) is 0 Å². The number of rotatable bonds is 5. The van der Waals surface area contributed by atoms with Gasteiger partial charge in [0.15, 0.2) is 0 Å². The van der Waals surface area contributed by atoms with Crippen molar-refractivity contribution in [1.29, 1.82) is 0 Å². The van der Waals surface area contributed by atoms with Crippen LogP contribution in [-0.2, 0) is 6.54 Å². The van der Waals surface area contributed by atoms with Crippen LogP contribution in [0.2, 0.25) is 0 Å². The largest absolute Gasteiger partial charge is 0.497 e. The average Bonchev–Trinajstić information content (AvgIpc) is 2.56. The molecule has 0 aliphatic rings. The number of carbonyl (C=O) groups is 1. The fourth-order valence-corrected chi connectivity index (χ4v) is 1.96. The minimum atomic E-state index is -0.485. The van der Waals surface area contributed by atoms with Crippen molar-refractivity contribution in [2.75, 3.05) is 19.5 Å². The normalized spacial score (nSPS) is 10.0. The number of urea groups is 1. The second kappa shape index (κ2) is 7.26. The molecule has 7 heteroatoms. The maximum Gasteiger partial charge on any atom is 0.321 e. The van der Waals surface area contributed by atoms with Crippen LogP contribution in [0.1, 0.15) is 5.56 Å². The number of nitrogens with zero attached hydrogens (tertiary/aromatic N) is 2. The van der Waals surface area contributed by atoms with Gasteiger partial charge in [-0.05, 0) is 29.8 Å². The van der Waals surface area contributed by atoms with Crippen molar-refractivity contribution in [3.05, 3.63) is 64.2 Å². The summed E-state index contributed by atoms with van der Waals surface area (Å²) in [6.45, 7) is 0.433. The number of nitrogens with one attached hydrogen (secondary N) is 1. The summed E-state index contributed by atoms with van der Waals surface area (Å²) in [5.74, 6) is 0.756. The van der Waals surface area contributed by atoms with Gasteiger partial charge < -0.3 is 15.0 Å². The number of hydrogen-bond acceptors (Lipinski definition) is 4. The van der Waals surface area contributed by atoms with Crippen molar-refractivity contribution in [2.24, 2.45) is 0 Å². The maximum absolute atomic E-state index is 12.1. The number of hydrogen-bond donors (Lipinski definition) is 1. The Labute approximate surface area is 133 Å². The Balaban J connectivity index is 1.94. The highest BCUT2D eigenvalue weighted by Crippen LogP contribution is 2.16. The predicted octanol–water partition coefficient (Wildman–Crippen LogP) is 3.27. The van der Waals surface area contributed by atoms with E-state index in [0.717, 1.165) is 11.3 Å². The molecule has 0 aliphatic heterocycles. The maximum atomic E-state index is 12.1. The van der Waals surface area contributed by atoms with Gasteiger partial charge in [0.1, 0.15) is 5.75 Å². The van der Waals surface area contributed by atoms with Gasteiger partial charge in [-0.2, -0.15) is 0 Å². The number of anilines is 1. The van der Waals surface area contributed by atoms with Crippen LogP contribution >= 0.6 is 0 Å². The Morgan fingerprint density at radius 3 is 2.30 bits per heavy atom. The predicted molar refractivity (Wildman–Crippen MR) is 86.6 cm³/mol. The minimum Gasteiger partial charge on any atom is -0.497 e. The zero-order valence-electron chi connectivity index (χ0n) is 12.9. The Morgan fingerprint density at radius 1 is 1.17 bits per heavy atom. The molecular weight excluding hydrogens is 298 g/mol. The van der Waals surface area contributed by atoms with Crippen molar-refractivity contribution in [1.82, 2.24) is 4.90 Å². The van der Waals surface area contributed by atoms with Crippen LogP contribution in [0.15, 0.2) is 48.5 Å². The van der Waals surface area contributed by atoms with E-state index in [9.17, 15) is 14.9 Å². The van der Waals surface area contributed by atoms with E-state index in [1.54, 1.807) is 14.2 Å². The van der Waals surface area contributed by atoms with Gasteiger partial charge in [-0.15, -0.1) is 0 Å². The first-order chi connectivity index (χ1) is 11.0. The first kappa shape index (κ1) is 16.3. The van der Waals surface area contributed by atoms with E-state index in [0.29, 0.717) is 12.2 Å². The van der Waals surface area contributed by atoms with Crippen molar-refractivity contribution < 1.29 is 14.5 Å². The average molecular weight is 315 g/mol. The molecule has 0 saturated heterocycles. The third-order valence-electron chi connectivity index (χ3n) is 3.25. The minimum absolute atomic E-state index is 0.0189. The molecule has 0 fully saturated rings. The molecular formula is C16H17N3O4. The van der Waals surface area contributed by atoms with Crippen LogP contribution < -0.4 is 10.1 Å². The number of amides is 2. The molecule has 0 unspecified atom stereocenters. The van der Waals surface area contributed by atoms with Crippen molar-refractivity contribution in [2.45, 2.75) is 6.54 Å². The highest BCUT2D eigenvalue weighted by Gasteiger charge is 2.11. The van der Waals surface area contributed by atoms with E-state index in [1.807, 2.05) is 24.3 Å². The molecule has 0 aromatic heterocycles. The molecule has 0 atom stereocenters. The molecule has 1 N–H and O–H groups in total. The first-order valence-electron chi connectivity index (χ1n) is 6.89. The highest BCUT2D eigenvalue weighted by atomic mass is 16.6. The van der Waals surface area contributed by atoms with Gasteiger partial charge >= 0.3 is 6.03 Å². The van der Waals surface area contributed by atoms with Gasteiger partial charge in [0.25, 0.3) is 5.69 Å². The summed E-state index contributed by atoms with van der Waals surface area (Å²) in [6, 6.07) is 12.8. The molecule has 7 nitrogen and oxygen atoms in total. The number of carbonyl (C=O) groups excluding carboxylic acids is 1.